The van der Waals surface area contributed by atoms with E-state index < -0.39 is 16.2 Å². The van der Waals surface area contributed by atoms with Gasteiger partial charge in [-0.15, -0.1) is 0 Å². The number of likely N-dealkylation sites (N-methyl/N-ethyl adjacent to an activating group) is 1. The van der Waals surface area contributed by atoms with Crippen molar-refractivity contribution in [3.05, 3.63) is 35.4 Å². The molecule has 6 nitrogen and oxygen atoms in total. The number of hydrogen-bond acceptors (Lipinski definition) is 3. The molecule has 2 rings (SSSR count). The molecule has 0 bridgehead atoms. The topological polar surface area (TPSA) is 86.7 Å². The zero-order chi connectivity index (χ0) is 14.8. The molecule has 0 saturated heterocycles. The van der Waals surface area contributed by atoms with E-state index in [4.69, 9.17) is 5.11 Å². The molecule has 1 fully saturated rings. The monoisotopic (exact) mass is 298 g/mol. The van der Waals surface area contributed by atoms with Crippen LogP contribution >= 0.6 is 0 Å². The van der Waals surface area contributed by atoms with Crippen molar-refractivity contribution in [3.8, 4) is 0 Å². The molecule has 0 atom stereocenters. The van der Waals surface area contributed by atoms with Gasteiger partial charge in [0.25, 0.3) is 10.2 Å². The summed E-state index contributed by atoms with van der Waals surface area (Å²) < 4.78 is 27.7. The van der Waals surface area contributed by atoms with Gasteiger partial charge in [0.1, 0.15) is 0 Å². The Morgan fingerprint density at radius 1 is 1.40 bits per heavy atom. The van der Waals surface area contributed by atoms with E-state index in [1.807, 2.05) is 0 Å². The number of aromatic carboxylic acids is 1. The molecule has 1 aliphatic rings. The Hall–Kier alpha value is -1.44. The molecule has 0 aromatic heterocycles. The van der Waals surface area contributed by atoms with Crippen LogP contribution in [0.3, 0.4) is 0 Å². The molecule has 0 heterocycles. The summed E-state index contributed by atoms with van der Waals surface area (Å²) >= 11 is 0. The zero-order valence-corrected chi connectivity index (χ0v) is 12.1. The third-order valence-corrected chi connectivity index (χ3v) is 4.88. The normalized spacial score (nSPS) is 15.5. The summed E-state index contributed by atoms with van der Waals surface area (Å²) in [6.45, 7) is 0.242. The van der Waals surface area contributed by atoms with Crippen molar-refractivity contribution < 1.29 is 18.3 Å². The summed E-state index contributed by atoms with van der Waals surface area (Å²) in [5.74, 6) is -0.998. The van der Waals surface area contributed by atoms with Gasteiger partial charge in [-0.1, -0.05) is 18.2 Å². The number of nitrogens with zero attached hydrogens (tertiary/aromatic N) is 1. The highest BCUT2D eigenvalue weighted by atomic mass is 32.2. The zero-order valence-electron chi connectivity index (χ0n) is 11.2. The summed E-state index contributed by atoms with van der Waals surface area (Å²) in [7, 11) is -1.97. The van der Waals surface area contributed by atoms with Gasteiger partial charge >= 0.3 is 5.97 Å². The van der Waals surface area contributed by atoms with E-state index in [9.17, 15) is 13.2 Å². The quantitative estimate of drug-likeness (QED) is 0.781. The lowest BCUT2D eigenvalue weighted by Crippen LogP contribution is -2.40. The number of hydrogen-bond donors (Lipinski definition) is 2. The standard InChI is InChI=1S/C13H18N2O4S/c1-15(20(18,19)14-11-6-7-11)9-8-10-4-2-3-5-12(10)13(16)17/h2-5,11,14H,6-9H2,1H3,(H,16,17). The Bertz CT molecular complexity index is 596. The maximum atomic E-state index is 11.9. The number of carboxylic acids is 1. The molecule has 20 heavy (non-hydrogen) atoms. The van der Waals surface area contributed by atoms with Crippen molar-refractivity contribution in [2.24, 2.45) is 0 Å². The van der Waals surface area contributed by atoms with Crippen LogP contribution in [0.2, 0.25) is 0 Å². The molecular weight excluding hydrogens is 280 g/mol. The third-order valence-electron chi connectivity index (χ3n) is 3.25. The van der Waals surface area contributed by atoms with Crippen molar-refractivity contribution in [3.63, 3.8) is 0 Å². The maximum absolute atomic E-state index is 11.9. The predicted octanol–water partition coefficient (Wildman–Crippen LogP) is 0.856. The van der Waals surface area contributed by atoms with E-state index in [2.05, 4.69) is 4.72 Å². The second kappa shape index (κ2) is 5.90. The van der Waals surface area contributed by atoms with E-state index in [-0.39, 0.29) is 18.2 Å². The molecule has 7 heteroatoms. The minimum atomic E-state index is -3.46. The van der Waals surface area contributed by atoms with Crippen LogP contribution in [-0.2, 0) is 16.6 Å². The summed E-state index contributed by atoms with van der Waals surface area (Å²) in [4.78, 5) is 11.1. The first-order valence-electron chi connectivity index (χ1n) is 6.45. The van der Waals surface area contributed by atoms with Crippen LogP contribution in [0, 0.1) is 0 Å². The Kier molecular flexibility index (Phi) is 4.42. The summed E-state index contributed by atoms with van der Waals surface area (Å²) in [5.41, 5.74) is 0.849. The van der Waals surface area contributed by atoms with Gasteiger partial charge in [0.05, 0.1) is 5.56 Å². The van der Waals surface area contributed by atoms with Crippen LogP contribution in [0.1, 0.15) is 28.8 Å². The van der Waals surface area contributed by atoms with E-state index >= 15 is 0 Å². The lowest BCUT2D eigenvalue weighted by atomic mass is 10.1. The molecule has 1 aliphatic carbocycles. The average molecular weight is 298 g/mol. The number of benzene rings is 1. The molecular formula is C13H18N2O4S. The number of carboxylic acid groups (broad SMARTS) is 1. The van der Waals surface area contributed by atoms with Crippen molar-refractivity contribution >= 4 is 16.2 Å². The van der Waals surface area contributed by atoms with E-state index in [1.165, 1.54) is 17.4 Å². The van der Waals surface area contributed by atoms with Crippen molar-refractivity contribution in [1.29, 1.82) is 0 Å². The van der Waals surface area contributed by atoms with Crippen LogP contribution in [-0.4, -0.2) is 43.4 Å². The Morgan fingerprint density at radius 2 is 2.05 bits per heavy atom. The summed E-state index contributed by atoms with van der Waals surface area (Å²) in [6, 6.07) is 6.70. The van der Waals surface area contributed by atoms with Gasteiger partial charge < -0.3 is 5.11 Å². The number of nitrogens with one attached hydrogen (secondary N) is 1. The minimum Gasteiger partial charge on any atom is -0.478 e. The second-order valence-corrected chi connectivity index (χ2v) is 6.74. The first-order chi connectivity index (χ1) is 9.40. The molecule has 1 aromatic rings. The van der Waals surface area contributed by atoms with Gasteiger partial charge in [-0.05, 0) is 30.9 Å². The van der Waals surface area contributed by atoms with Gasteiger partial charge in [0.2, 0.25) is 0 Å². The summed E-state index contributed by atoms with van der Waals surface area (Å²) in [5, 5.41) is 9.07. The average Bonchev–Trinajstić information content (AvgIpc) is 3.19. The molecule has 0 unspecified atom stereocenters. The smallest absolute Gasteiger partial charge is 0.335 e. The van der Waals surface area contributed by atoms with Crippen LogP contribution in [0.25, 0.3) is 0 Å². The van der Waals surface area contributed by atoms with Crippen LogP contribution < -0.4 is 4.72 Å². The van der Waals surface area contributed by atoms with Gasteiger partial charge in [-0.2, -0.15) is 17.4 Å². The predicted molar refractivity (Wildman–Crippen MR) is 74.8 cm³/mol. The molecule has 0 amide bonds. The van der Waals surface area contributed by atoms with Crippen LogP contribution in [0.5, 0.6) is 0 Å². The Morgan fingerprint density at radius 3 is 2.65 bits per heavy atom. The van der Waals surface area contributed by atoms with Gasteiger partial charge in [-0.25, -0.2) is 4.79 Å². The van der Waals surface area contributed by atoms with Crippen LogP contribution in [0.4, 0.5) is 0 Å². The van der Waals surface area contributed by atoms with Gasteiger partial charge in [-0.3, -0.25) is 0 Å². The molecule has 1 saturated carbocycles. The van der Waals surface area contributed by atoms with E-state index in [1.54, 1.807) is 18.2 Å². The molecule has 0 aliphatic heterocycles. The highest BCUT2D eigenvalue weighted by molar-refractivity contribution is 7.87. The van der Waals surface area contributed by atoms with Crippen molar-refractivity contribution in [1.82, 2.24) is 9.03 Å². The van der Waals surface area contributed by atoms with Gasteiger partial charge in [0, 0.05) is 19.6 Å². The largest absolute Gasteiger partial charge is 0.478 e. The number of carbonyl (C=O) groups is 1. The maximum Gasteiger partial charge on any atom is 0.335 e. The first kappa shape index (κ1) is 15.0. The summed E-state index contributed by atoms with van der Waals surface area (Å²) in [6.07, 6.45) is 2.13. The lowest BCUT2D eigenvalue weighted by Gasteiger charge is -2.18. The molecule has 0 radical (unpaired) electrons. The SMILES string of the molecule is CN(CCc1ccccc1C(=O)O)S(=O)(=O)NC1CC1. The fraction of sp³-hybridized carbons (Fsp3) is 0.462. The van der Waals surface area contributed by atoms with Crippen LogP contribution in [0.15, 0.2) is 24.3 Å². The lowest BCUT2D eigenvalue weighted by molar-refractivity contribution is 0.0695. The third kappa shape index (κ3) is 3.78. The minimum absolute atomic E-state index is 0.0637. The molecule has 110 valence electrons. The van der Waals surface area contributed by atoms with Crippen molar-refractivity contribution in [2.45, 2.75) is 25.3 Å². The molecule has 1 aromatic carbocycles. The second-order valence-electron chi connectivity index (χ2n) is 4.93. The first-order valence-corrected chi connectivity index (χ1v) is 7.89. The van der Waals surface area contributed by atoms with E-state index in [0.29, 0.717) is 12.0 Å². The number of rotatable bonds is 7. The van der Waals surface area contributed by atoms with Crippen molar-refractivity contribution in [2.75, 3.05) is 13.6 Å². The fourth-order valence-corrected chi connectivity index (χ4v) is 3.02. The molecule has 2 N–H and O–H groups in total. The van der Waals surface area contributed by atoms with E-state index in [0.717, 1.165) is 12.8 Å². The fourth-order valence-electron chi connectivity index (χ4n) is 1.85. The molecule has 0 spiro atoms. The Balaban J connectivity index is 1.99. The highest BCUT2D eigenvalue weighted by Gasteiger charge is 2.29. The highest BCUT2D eigenvalue weighted by Crippen LogP contribution is 2.20. The van der Waals surface area contributed by atoms with Gasteiger partial charge in [0.15, 0.2) is 0 Å². The Labute approximate surface area is 118 Å².